The van der Waals surface area contributed by atoms with E-state index in [1.54, 1.807) is 29.2 Å². The molecule has 3 aliphatic rings. The highest BCUT2D eigenvalue weighted by Gasteiger charge is 2.36. The van der Waals surface area contributed by atoms with Gasteiger partial charge in [-0.15, -0.1) is 0 Å². The first-order chi connectivity index (χ1) is 16.7. The summed E-state index contributed by atoms with van der Waals surface area (Å²) in [5.74, 6) is 1.29. The molecule has 3 heterocycles. The average Bonchev–Trinajstić information content (AvgIpc) is 3.01. The van der Waals surface area contributed by atoms with Gasteiger partial charge < -0.3 is 29.2 Å². The van der Waals surface area contributed by atoms with Crippen molar-refractivity contribution in [2.45, 2.75) is 12.5 Å². The zero-order chi connectivity index (χ0) is 23.3. The van der Waals surface area contributed by atoms with Crippen LogP contribution in [0.1, 0.15) is 18.0 Å². The number of nitrogens with zero attached hydrogens (tertiary/aromatic N) is 2. The molecule has 1 N–H and O–H groups in total. The first-order valence-corrected chi connectivity index (χ1v) is 11.7. The maximum Gasteiger partial charge on any atom is 0.261 e. The fourth-order valence-corrected chi connectivity index (χ4v) is 4.53. The van der Waals surface area contributed by atoms with Gasteiger partial charge in [-0.1, -0.05) is 18.2 Å². The molecule has 5 rings (SSSR count). The zero-order valence-corrected chi connectivity index (χ0v) is 19.0. The lowest BCUT2D eigenvalue weighted by Crippen LogP contribution is -2.44. The summed E-state index contributed by atoms with van der Waals surface area (Å²) in [5, 5.41) is 2.97. The number of hydrogen-bond donors (Lipinski definition) is 1. The number of hydrogen-bond acceptors (Lipinski definition) is 7. The molecule has 0 spiro atoms. The molecule has 9 nitrogen and oxygen atoms in total. The van der Waals surface area contributed by atoms with E-state index in [1.807, 2.05) is 18.2 Å². The molecule has 0 aromatic heterocycles. The van der Waals surface area contributed by atoms with E-state index >= 15 is 0 Å². The molecule has 2 aromatic carbocycles. The van der Waals surface area contributed by atoms with Gasteiger partial charge in [0.2, 0.25) is 0 Å². The lowest BCUT2D eigenvalue weighted by Gasteiger charge is -2.31. The Morgan fingerprint density at radius 1 is 0.912 bits per heavy atom. The third-order valence-corrected chi connectivity index (χ3v) is 6.23. The highest BCUT2D eigenvalue weighted by Crippen LogP contribution is 2.36. The predicted molar refractivity (Wildman–Crippen MR) is 124 cm³/mol. The van der Waals surface area contributed by atoms with Crippen LogP contribution in [0.5, 0.6) is 17.2 Å². The number of anilines is 1. The third kappa shape index (κ3) is 4.95. The van der Waals surface area contributed by atoms with Gasteiger partial charge in [0, 0.05) is 43.5 Å². The molecule has 3 aliphatic heterocycles. The standard InChI is InChI=1S/C25H29N3O6/c29-23-17-34-20-5-2-1-4-19(20)24(28(23)9-3-8-27-10-12-31-13-11-27)25(30)26-18-6-7-21-22(16-18)33-15-14-32-21/h1-2,4-7,16,24H,3,8-15,17H2,(H,26,30). The Bertz CT molecular complexity index is 1040. The molecule has 1 unspecified atom stereocenters. The summed E-state index contributed by atoms with van der Waals surface area (Å²) in [4.78, 5) is 30.6. The highest BCUT2D eigenvalue weighted by atomic mass is 16.6. The summed E-state index contributed by atoms with van der Waals surface area (Å²) in [6.07, 6.45) is 0.752. The van der Waals surface area contributed by atoms with E-state index in [-0.39, 0.29) is 18.4 Å². The van der Waals surface area contributed by atoms with Crippen molar-refractivity contribution in [3.63, 3.8) is 0 Å². The van der Waals surface area contributed by atoms with Gasteiger partial charge >= 0.3 is 0 Å². The highest BCUT2D eigenvalue weighted by molar-refractivity contribution is 5.99. The molecule has 0 saturated carbocycles. The first kappa shape index (κ1) is 22.5. The Morgan fingerprint density at radius 3 is 2.56 bits per heavy atom. The van der Waals surface area contributed by atoms with Crippen molar-refractivity contribution >= 4 is 17.5 Å². The maximum atomic E-state index is 13.6. The van der Waals surface area contributed by atoms with Crippen LogP contribution in [0.25, 0.3) is 0 Å². The largest absolute Gasteiger partial charge is 0.486 e. The number of para-hydroxylation sites is 1. The monoisotopic (exact) mass is 467 g/mol. The first-order valence-electron chi connectivity index (χ1n) is 11.7. The van der Waals surface area contributed by atoms with Crippen molar-refractivity contribution in [3.8, 4) is 17.2 Å². The second-order valence-electron chi connectivity index (χ2n) is 8.47. The third-order valence-electron chi connectivity index (χ3n) is 6.23. The molecular weight excluding hydrogens is 438 g/mol. The van der Waals surface area contributed by atoms with E-state index in [0.717, 1.165) is 39.3 Å². The molecule has 34 heavy (non-hydrogen) atoms. The molecule has 0 bridgehead atoms. The van der Waals surface area contributed by atoms with Gasteiger partial charge in [-0.3, -0.25) is 14.5 Å². The van der Waals surface area contributed by atoms with Crippen molar-refractivity contribution in [1.29, 1.82) is 0 Å². The van der Waals surface area contributed by atoms with Crippen molar-refractivity contribution in [1.82, 2.24) is 9.80 Å². The summed E-state index contributed by atoms with van der Waals surface area (Å²) < 4.78 is 22.4. The van der Waals surface area contributed by atoms with Crippen molar-refractivity contribution in [2.75, 3.05) is 64.5 Å². The number of ether oxygens (including phenoxy) is 4. The number of benzene rings is 2. The minimum atomic E-state index is -0.802. The molecule has 180 valence electrons. The van der Waals surface area contributed by atoms with Gasteiger partial charge in [0.1, 0.15) is 25.0 Å². The van der Waals surface area contributed by atoms with Crippen molar-refractivity contribution in [3.05, 3.63) is 48.0 Å². The number of fused-ring (bicyclic) bond motifs is 2. The smallest absolute Gasteiger partial charge is 0.261 e. The normalized spacial score (nSPS) is 20.2. The van der Waals surface area contributed by atoms with Crippen LogP contribution in [-0.2, 0) is 14.3 Å². The zero-order valence-electron chi connectivity index (χ0n) is 19.0. The van der Waals surface area contributed by atoms with Gasteiger partial charge in [-0.25, -0.2) is 0 Å². The summed E-state index contributed by atoms with van der Waals surface area (Å²) >= 11 is 0. The molecular formula is C25H29N3O6. The van der Waals surface area contributed by atoms with Crippen LogP contribution in [0.4, 0.5) is 5.69 Å². The Kier molecular flexibility index (Phi) is 6.82. The quantitative estimate of drug-likeness (QED) is 0.696. The second-order valence-corrected chi connectivity index (χ2v) is 8.47. The topological polar surface area (TPSA) is 89.6 Å². The molecule has 1 saturated heterocycles. The molecule has 0 aliphatic carbocycles. The second kappa shape index (κ2) is 10.3. The van der Waals surface area contributed by atoms with Gasteiger partial charge in [0.15, 0.2) is 18.1 Å². The number of amides is 2. The van der Waals surface area contributed by atoms with Crippen LogP contribution in [0, 0.1) is 0 Å². The van der Waals surface area contributed by atoms with E-state index in [4.69, 9.17) is 18.9 Å². The number of carbonyl (C=O) groups is 2. The van der Waals surface area contributed by atoms with E-state index < -0.39 is 6.04 Å². The van der Waals surface area contributed by atoms with Gasteiger partial charge in [-0.05, 0) is 24.6 Å². The van der Waals surface area contributed by atoms with Crippen LogP contribution >= 0.6 is 0 Å². The van der Waals surface area contributed by atoms with Crippen LogP contribution in [0.3, 0.4) is 0 Å². The minimum Gasteiger partial charge on any atom is -0.486 e. The van der Waals surface area contributed by atoms with E-state index in [9.17, 15) is 9.59 Å². The average molecular weight is 468 g/mol. The molecule has 2 amide bonds. The van der Waals surface area contributed by atoms with Crippen LogP contribution in [0.15, 0.2) is 42.5 Å². The molecule has 0 radical (unpaired) electrons. The van der Waals surface area contributed by atoms with Gasteiger partial charge in [-0.2, -0.15) is 0 Å². The Hall–Kier alpha value is -3.30. The Labute approximate surface area is 198 Å². The Balaban J connectivity index is 1.36. The number of morpholine rings is 1. The van der Waals surface area contributed by atoms with Crippen molar-refractivity contribution < 1.29 is 28.5 Å². The molecule has 9 heteroatoms. The van der Waals surface area contributed by atoms with E-state index in [0.29, 0.717) is 48.3 Å². The van der Waals surface area contributed by atoms with Crippen LogP contribution < -0.4 is 19.5 Å². The van der Waals surface area contributed by atoms with Crippen LogP contribution in [0.2, 0.25) is 0 Å². The predicted octanol–water partition coefficient (Wildman–Crippen LogP) is 2.08. The summed E-state index contributed by atoms with van der Waals surface area (Å²) in [7, 11) is 0. The lowest BCUT2D eigenvalue weighted by atomic mass is 10.0. The maximum absolute atomic E-state index is 13.6. The summed E-state index contributed by atoms with van der Waals surface area (Å²) in [6, 6.07) is 11.8. The minimum absolute atomic E-state index is 0.0949. The molecule has 1 atom stereocenters. The number of rotatable bonds is 6. The number of carbonyl (C=O) groups excluding carboxylic acids is 2. The fraction of sp³-hybridized carbons (Fsp3) is 0.440. The van der Waals surface area contributed by atoms with Gasteiger partial charge in [0.25, 0.3) is 11.8 Å². The number of nitrogens with one attached hydrogen (secondary N) is 1. The SMILES string of the molecule is O=C(Nc1ccc2c(c1)OCCO2)C1c2ccccc2OCC(=O)N1CCCN1CCOCC1. The van der Waals surface area contributed by atoms with E-state index in [1.165, 1.54) is 0 Å². The summed E-state index contributed by atoms with van der Waals surface area (Å²) in [6.45, 7) is 5.38. The summed E-state index contributed by atoms with van der Waals surface area (Å²) in [5.41, 5.74) is 1.26. The Morgan fingerprint density at radius 2 is 1.71 bits per heavy atom. The lowest BCUT2D eigenvalue weighted by molar-refractivity contribution is -0.139. The van der Waals surface area contributed by atoms with E-state index in [2.05, 4.69) is 10.2 Å². The molecule has 1 fully saturated rings. The van der Waals surface area contributed by atoms with Gasteiger partial charge in [0.05, 0.1) is 13.2 Å². The van der Waals surface area contributed by atoms with Crippen molar-refractivity contribution in [2.24, 2.45) is 0 Å². The molecule has 2 aromatic rings. The fourth-order valence-electron chi connectivity index (χ4n) is 4.53. The van der Waals surface area contributed by atoms with Crippen LogP contribution in [-0.4, -0.2) is 80.8 Å².